The molecule has 0 fully saturated rings. The minimum atomic E-state index is -0.655. The predicted octanol–water partition coefficient (Wildman–Crippen LogP) is 6.53. The van der Waals surface area contributed by atoms with Gasteiger partial charge in [-0.05, 0) is 53.7 Å². The van der Waals surface area contributed by atoms with E-state index < -0.39 is 12.1 Å². The van der Waals surface area contributed by atoms with Crippen molar-refractivity contribution in [3.63, 3.8) is 0 Å². The second-order valence-corrected chi connectivity index (χ2v) is 10.4. The smallest absolute Gasteiger partial charge is 0.339 e. The van der Waals surface area contributed by atoms with Crippen LogP contribution in [0.4, 0.5) is 5.69 Å². The zero-order valence-corrected chi connectivity index (χ0v) is 22.0. The van der Waals surface area contributed by atoms with Gasteiger partial charge in [0.15, 0.2) is 11.5 Å². The molecule has 0 unspecified atom stereocenters. The van der Waals surface area contributed by atoms with E-state index in [1.807, 2.05) is 30.3 Å². The highest BCUT2D eigenvalue weighted by Crippen LogP contribution is 2.49. The van der Waals surface area contributed by atoms with Gasteiger partial charge >= 0.3 is 5.97 Å². The molecule has 0 saturated heterocycles. The third-order valence-corrected chi connectivity index (χ3v) is 7.82. The number of hydrogen-bond donors (Lipinski definition) is 2. The summed E-state index contributed by atoms with van der Waals surface area (Å²) < 4.78 is 17.3. The molecule has 202 valence electrons. The molecule has 0 amide bonds. The Morgan fingerprint density at radius 1 is 1.26 bits per heavy atom. The van der Waals surface area contributed by atoms with Crippen molar-refractivity contribution >= 4 is 39.5 Å². The van der Waals surface area contributed by atoms with Crippen molar-refractivity contribution < 1.29 is 34.2 Å². The van der Waals surface area contributed by atoms with Gasteiger partial charge in [0.1, 0.15) is 18.1 Å². The van der Waals surface area contributed by atoms with Gasteiger partial charge in [0.05, 0.1) is 5.56 Å². The number of benzene rings is 3. The van der Waals surface area contributed by atoms with Crippen molar-refractivity contribution in [3.8, 4) is 11.5 Å². The van der Waals surface area contributed by atoms with Crippen LogP contribution in [0.1, 0.15) is 43.5 Å². The number of ether oxygens (including phenoxy) is 3. The van der Waals surface area contributed by atoms with Crippen LogP contribution < -0.4 is 14.7 Å². The molecule has 1 heterocycles. The van der Waals surface area contributed by atoms with Crippen LogP contribution in [-0.2, 0) is 9.53 Å². The van der Waals surface area contributed by atoms with Crippen molar-refractivity contribution in [3.05, 3.63) is 78.4 Å². The first-order valence-corrected chi connectivity index (χ1v) is 12.8. The van der Waals surface area contributed by atoms with Gasteiger partial charge < -0.3 is 14.2 Å². The minimum Gasteiger partial charge on any atom is -0.459 e. The topological polar surface area (TPSA) is 106 Å². The van der Waals surface area contributed by atoms with Crippen molar-refractivity contribution in [2.75, 3.05) is 12.0 Å². The Morgan fingerprint density at radius 3 is 2.74 bits per heavy atom. The third kappa shape index (κ3) is 4.56. The number of allylic oxidation sites excluding steroid dienone is 3. The highest BCUT2D eigenvalue weighted by molar-refractivity contribution is 6.22. The van der Waals surface area contributed by atoms with E-state index >= 15 is 0 Å². The first-order chi connectivity index (χ1) is 18.7. The molecular weight excluding hydrogens is 498 g/mol. The average molecular weight is 530 g/mol. The lowest BCUT2D eigenvalue weighted by atomic mass is 9.64. The van der Waals surface area contributed by atoms with Crippen LogP contribution in [-0.4, -0.2) is 35.6 Å². The van der Waals surface area contributed by atoms with Crippen LogP contribution in [0, 0.1) is 11.3 Å². The number of anilines is 1. The maximum absolute atomic E-state index is 13.7. The summed E-state index contributed by atoms with van der Waals surface area (Å²) in [5.41, 5.74) is 1.21. The molecular formula is C31H31NO7. The Balaban J connectivity index is 1.54. The summed E-state index contributed by atoms with van der Waals surface area (Å²) in [6, 6.07) is 10.5. The average Bonchev–Trinajstić information content (AvgIpc) is 3.40. The number of carbonyl (C=O) groups excluding carboxylic acids is 2. The summed E-state index contributed by atoms with van der Waals surface area (Å²) >= 11 is 0. The number of carbonyl (C=O) groups is 2. The number of rotatable bonds is 8. The van der Waals surface area contributed by atoms with E-state index in [1.54, 1.807) is 13.0 Å². The molecule has 39 heavy (non-hydrogen) atoms. The monoisotopic (exact) mass is 529 g/mol. The molecule has 0 saturated carbocycles. The van der Waals surface area contributed by atoms with E-state index in [4.69, 9.17) is 14.2 Å². The number of esters is 1. The quantitative estimate of drug-likeness (QED) is 0.0848. The molecule has 0 bridgehead atoms. The molecule has 3 aromatic carbocycles. The lowest BCUT2D eigenvalue weighted by Crippen LogP contribution is -2.33. The van der Waals surface area contributed by atoms with Crippen LogP contribution in [0.15, 0.2) is 72.9 Å². The van der Waals surface area contributed by atoms with Crippen LogP contribution >= 0.6 is 0 Å². The molecule has 1 aliphatic heterocycles. The first kappa shape index (κ1) is 26.5. The third-order valence-electron chi connectivity index (χ3n) is 7.82. The molecule has 3 atom stereocenters. The maximum Gasteiger partial charge on any atom is 0.339 e. The molecule has 0 spiro atoms. The second-order valence-electron chi connectivity index (χ2n) is 10.4. The number of nitrogens with zero attached hydrogens (tertiary/aromatic N) is 1. The number of fused-ring (bicyclic) bond motifs is 5. The highest BCUT2D eigenvalue weighted by atomic mass is 16.8. The van der Waals surface area contributed by atoms with Crippen molar-refractivity contribution in [2.45, 2.75) is 39.2 Å². The molecule has 0 aromatic heterocycles. The van der Waals surface area contributed by atoms with Crippen LogP contribution in [0.2, 0.25) is 0 Å². The van der Waals surface area contributed by atoms with E-state index in [2.05, 4.69) is 26.2 Å². The molecule has 5 rings (SSSR count). The number of hydrogen-bond acceptors (Lipinski definition) is 8. The molecule has 0 radical (unpaired) electrons. The van der Waals surface area contributed by atoms with Crippen LogP contribution in [0.3, 0.4) is 0 Å². The highest BCUT2D eigenvalue weighted by Gasteiger charge is 2.38. The Kier molecular flexibility index (Phi) is 6.92. The van der Waals surface area contributed by atoms with Gasteiger partial charge in [-0.15, -0.1) is 11.8 Å². The Morgan fingerprint density at radius 2 is 2.03 bits per heavy atom. The fourth-order valence-corrected chi connectivity index (χ4v) is 5.98. The summed E-state index contributed by atoms with van der Waals surface area (Å²) in [7, 11) is 0. The largest absolute Gasteiger partial charge is 0.459 e. The zero-order chi connectivity index (χ0) is 27.9. The summed E-state index contributed by atoms with van der Waals surface area (Å²) in [5.74, 6) is -0.103. The molecule has 8 nitrogen and oxygen atoms in total. The molecule has 1 aliphatic carbocycles. The van der Waals surface area contributed by atoms with E-state index in [-0.39, 0.29) is 40.0 Å². The Labute approximate surface area is 226 Å². The van der Waals surface area contributed by atoms with Crippen LogP contribution in [0.5, 0.6) is 11.5 Å². The van der Waals surface area contributed by atoms with Gasteiger partial charge in [-0.1, -0.05) is 55.5 Å². The fourth-order valence-electron chi connectivity index (χ4n) is 5.98. The predicted molar refractivity (Wildman–Crippen MR) is 147 cm³/mol. The summed E-state index contributed by atoms with van der Waals surface area (Å²) in [4.78, 5) is 25.4. The summed E-state index contributed by atoms with van der Waals surface area (Å²) in [6.45, 7) is 11.8. The first-order valence-electron chi connectivity index (χ1n) is 12.8. The molecule has 3 aromatic rings. The van der Waals surface area contributed by atoms with Gasteiger partial charge in [-0.2, -0.15) is 0 Å². The lowest BCUT2D eigenvalue weighted by Gasteiger charge is -2.40. The zero-order valence-electron chi connectivity index (χ0n) is 22.0. The minimum absolute atomic E-state index is 0.000637. The van der Waals surface area contributed by atoms with Crippen molar-refractivity contribution in [1.82, 2.24) is 0 Å². The van der Waals surface area contributed by atoms with Gasteiger partial charge in [-0.3, -0.25) is 15.2 Å². The van der Waals surface area contributed by atoms with Gasteiger partial charge in [0.25, 0.3) is 0 Å². The summed E-state index contributed by atoms with van der Waals surface area (Å²) in [5, 5.41) is 22.5. The maximum atomic E-state index is 13.7. The van der Waals surface area contributed by atoms with E-state index in [0.29, 0.717) is 28.9 Å². The van der Waals surface area contributed by atoms with Gasteiger partial charge in [0.2, 0.25) is 6.79 Å². The van der Waals surface area contributed by atoms with E-state index in [9.17, 15) is 20.0 Å². The SMILES string of the molecule is C=C[C@@]1(C)CCC=C(C[C@@H](C)OC(=O)c2cc3c(c4c2c(N(O)O)cc2ccccc24)OCO3)[C@H]1C(=C)C=O. The lowest BCUT2D eigenvalue weighted by molar-refractivity contribution is -0.105. The van der Waals surface area contributed by atoms with E-state index in [1.165, 1.54) is 6.07 Å². The van der Waals surface area contributed by atoms with Crippen molar-refractivity contribution in [2.24, 2.45) is 11.3 Å². The fraction of sp³-hybridized carbons (Fsp3) is 0.290. The molecule has 2 N–H and O–H groups in total. The number of aldehydes is 1. The van der Waals surface area contributed by atoms with Gasteiger partial charge in [-0.25, -0.2) is 4.79 Å². The van der Waals surface area contributed by atoms with Gasteiger partial charge in [0, 0.05) is 23.1 Å². The Bertz CT molecular complexity index is 1540. The standard InChI is InChI=1S/C31H31NO7/c1-5-31(4)12-8-10-21(28(31)18(2)16-33)13-19(3)39-30(34)23-15-25-29(38-17-37-25)27-22-11-7-6-9-20(22)14-24(26(23)27)32(35)36/h5-7,9-11,14-16,19,28,35-36H,1-2,8,12-13,17H2,3-4H3/t19-,28-,31+/m1/s1. The molecule has 8 heteroatoms. The Hall–Kier alpha value is -4.14. The van der Waals surface area contributed by atoms with Crippen molar-refractivity contribution in [1.29, 1.82) is 0 Å². The second kappa shape index (κ2) is 10.2. The van der Waals surface area contributed by atoms with E-state index in [0.717, 1.165) is 35.5 Å². The summed E-state index contributed by atoms with van der Waals surface area (Å²) in [6.07, 6.45) is 6.24. The normalized spacial score (nSPS) is 20.8. The van der Waals surface area contributed by atoms with Crippen LogP contribution in [0.25, 0.3) is 21.5 Å². The molecule has 2 aliphatic rings.